The molecule has 0 radical (unpaired) electrons. The van der Waals surface area contributed by atoms with E-state index >= 15 is 0 Å². The number of rotatable bonds is 2. The lowest BCUT2D eigenvalue weighted by Gasteiger charge is -2.19. The third-order valence-corrected chi connectivity index (χ3v) is 3.59. The van der Waals surface area contributed by atoms with Crippen LogP contribution in [0.1, 0.15) is 18.3 Å². The van der Waals surface area contributed by atoms with E-state index in [9.17, 15) is 0 Å². The van der Waals surface area contributed by atoms with Crippen molar-refractivity contribution in [1.82, 2.24) is 14.9 Å². The second-order valence-corrected chi connectivity index (χ2v) is 5.23. The first-order valence-corrected chi connectivity index (χ1v) is 6.90. The van der Waals surface area contributed by atoms with Gasteiger partial charge in [-0.15, -0.1) is 0 Å². The van der Waals surface area contributed by atoms with E-state index in [1.807, 2.05) is 19.1 Å². The zero-order valence-electron chi connectivity index (χ0n) is 12.1. The highest BCUT2D eigenvalue weighted by Gasteiger charge is 2.13. The summed E-state index contributed by atoms with van der Waals surface area (Å²) in [6.45, 7) is 4.17. The quantitative estimate of drug-likeness (QED) is 0.903. The summed E-state index contributed by atoms with van der Waals surface area (Å²) in [6.07, 6.45) is 6.37. The van der Waals surface area contributed by atoms with E-state index in [2.05, 4.69) is 65.3 Å². The molecule has 0 saturated carbocycles. The molecule has 1 aliphatic rings. The summed E-state index contributed by atoms with van der Waals surface area (Å²) >= 11 is 0. The molecule has 3 heterocycles. The van der Waals surface area contributed by atoms with Crippen LogP contribution in [0.2, 0.25) is 0 Å². The number of dihydropyridines is 1. The molecule has 2 aromatic rings. The van der Waals surface area contributed by atoms with Gasteiger partial charge in [-0.1, -0.05) is 18.2 Å². The van der Waals surface area contributed by atoms with E-state index in [0.29, 0.717) is 6.04 Å². The molecule has 0 spiro atoms. The molecule has 1 N–H and O–H groups in total. The number of aromatic nitrogens is 2. The molecule has 3 heteroatoms. The lowest BCUT2D eigenvalue weighted by molar-refractivity contribution is 0.764. The fraction of sp³-hybridized carbons (Fsp3) is 0.235. The Morgan fingerprint density at radius 3 is 2.70 bits per heavy atom. The van der Waals surface area contributed by atoms with E-state index in [-0.39, 0.29) is 0 Å². The molecule has 1 aliphatic heterocycles. The van der Waals surface area contributed by atoms with Gasteiger partial charge in [0.25, 0.3) is 0 Å². The van der Waals surface area contributed by atoms with Crippen LogP contribution in [0.25, 0.3) is 17.1 Å². The lowest BCUT2D eigenvalue weighted by Crippen LogP contribution is -2.25. The first kappa shape index (κ1) is 12.7. The summed E-state index contributed by atoms with van der Waals surface area (Å²) in [5.74, 6) is 0. The van der Waals surface area contributed by atoms with Crippen molar-refractivity contribution in [2.75, 3.05) is 0 Å². The minimum absolute atomic E-state index is 0.366. The van der Waals surface area contributed by atoms with Crippen molar-refractivity contribution >= 4 is 5.70 Å². The lowest BCUT2D eigenvalue weighted by atomic mass is 10.1. The zero-order chi connectivity index (χ0) is 14.1. The van der Waals surface area contributed by atoms with Gasteiger partial charge in [0.1, 0.15) is 0 Å². The molecule has 0 saturated heterocycles. The van der Waals surface area contributed by atoms with Gasteiger partial charge < -0.3 is 9.88 Å². The van der Waals surface area contributed by atoms with Crippen LogP contribution in [0.5, 0.6) is 0 Å². The van der Waals surface area contributed by atoms with Gasteiger partial charge >= 0.3 is 0 Å². The van der Waals surface area contributed by atoms with Crippen LogP contribution < -0.4 is 5.32 Å². The maximum absolute atomic E-state index is 4.60. The number of aryl methyl sites for hydroxylation is 1. The highest BCUT2D eigenvalue weighted by atomic mass is 15.0. The van der Waals surface area contributed by atoms with Crippen molar-refractivity contribution in [3.8, 4) is 11.4 Å². The van der Waals surface area contributed by atoms with E-state index in [4.69, 9.17) is 0 Å². The van der Waals surface area contributed by atoms with Gasteiger partial charge in [0.05, 0.1) is 22.8 Å². The molecule has 0 bridgehead atoms. The van der Waals surface area contributed by atoms with E-state index < -0.39 is 0 Å². The summed E-state index contributed by atoms with van der Waals surface area (Å²) in [4.78, 5) is 4.60. The first-order chi connectivity index (χ1) is 9.65. The van der Waals surface area contributed by atoms with E-state index in [0.717, 1.165) is 22.8 Å². The fourth-order valence-electron chi connectivity index (χ4n) is 2.54. The molecule has 0 aromatic carbocycles. The minimum Gasteiger partial charge on any atom is -0.377 e. The molecule has 0 aliphatic carbocycles. The average Bonchev–Trinajstić information content (AvgIpc) is 2.80. The Morgan fingerprint density at radius 1 is 1.15 bits per heavy atom. The molecule has 3 rings (SSSR count). The predicted molar refractivity (Wildman–Crippen MR) is 83.1 cm³/mol. The number of hydrogen-bond donors (Lipinski definition) is 1. The highest BCUT2D eigenvalue weighted by Crippen LogP contribution is 2.24. The molecule has 102 valence electrons. The van der Waals surface area contributed by atoms with Gasteiger partial charge in [-0.25, -0.2) is 0 Å². The number of nitrogens with one attached hydrogen (secondary N) is 1. The van der Waals surface area contributed by atoms with Gasteiger partial charge in [0.2, 0.25) is 0 Å². The van der Waals surface area contributed by atoms with Gasteiger partial charge in [-0.2, -0.15) is 0 Å². The Balaban J connectivity index is 2.01. The molecule has 1 unspecified atom stereocenters. The Kier molecular flexibility index (Phi) is 3.18. The summed E-state index contributed by atoms with van der Waals surface area (Å²) in [5, 5.41) is 3.48. The third kappa shape index (κ3) is 2.27. The maximum Gasteiger partial charge on any atom is 0.0869 e. The highest BCUT2D eigenvalue weighted by molar-refractivity contribution is 5.69. The van der Waals surface area contributed by atoms with Crippen LogP contribution in [0.3, 0.4) is 0 Å². The summed E-state index contributed by atoms with van der Waals surface area (Å²) < 4.78 is 2.19. The molecular weight excluding hydrogens is 246 g/mol. The van der Waals surface area contributed by atoms with Crippen LogP contribution in [0, 0.1) is 6.92 Å². The Hall–Kier alpha value is -2.29. The SMILES string of the molecule is Cc1cccc(-c2ccc(C3=CC=CC(C)N3)n2C)n1. The topological polar surface area (TPSA) is 29.9 Å². The Morgan fingerprint density at radius 2 is 1.95 bits per heavy atom. The molecule has 2 aromatic heterocycles. The molecule has 0 amide bonds. The Labute approximate surface area is 119 Å². The second-order valence-electron chi connectivity index (χ2n) is 5.23. The summed E-state index contributed by atoms with van der Waals surface area (Å²) in [5.41, 5.74) is 5.52. The van der Waals surface area contributed by atoms with Gasteiger partial charge in [-0.05, 0) is 44.2 Å². The largest absolute Gasteiger partial charge is 0.377 e. The van der Waals surface area contributed by atoms with Crippen molar-refractivity contribution in [2.24, 2.45) is 7.05 Å². The van der Waals surface area contributed by atoms with Gasteiger partial charge in [-0.3, -0.25) is 4.98 Å². The molecule has 20 heavy (non-hydrogen) atoms. The van der Waals surface area contributed by atoms with Crippen LogP contribution in [0.15, 0.2) is 48.6 Å². The monoisotopic (exact) mass is 265 g/mol. The predicted octanol–water partition coefficient (Wildman–Crippen LogP) is 3.28. The van der Waals surface area contributed by atoms with Crippen LogP contribution in [-0.4, -0.2) is 15.6 Å². The number of nitrogens with zero attached hydrogens (tertiary/aromatic N) is 2. The number of allylic oxidation sites excluding steroid dienone is 2. The number of pyridine rings is 1. The first-order valence-electron chi connectivity index (χ1n) is 6.90. The Bertz CT molecular complexity index is 692. The molecule has 0 fully saturated rings. The molecule has 1 atom stereocenters. The normalized spacial score (nSPS) is 17.8. The zero-order valence-corrected chi connectivity index (χ0v) is 12.1. The van der Waals surface area contributed by atoms with Gasteiger partial charge in [0.15, 0.2) is 0 Å². The van der Waals surface area contributed by atoms with E-state index in [1.54, 1.807) is 0 Å². The second kappa shape index (κ2) is 5.00. The van der Waals surface area contributed by atoms with Crippen LogP contribution >= 0.6 is 0 Å². The van der Waals surface area contributed by atoms with Crippen LogP contribution in [0.4, 0.5) is 0 Å². The average molecular weight is 265 g/mol. The summed E-state index contributed by atoms with van der Waals surface area (Å²) in [7, 11) is 2.08. The van der Waals surface area contributed by atoms with Crippen molar-refractivity contribution < 1.29 is 0 Å². The summed E-state index contributed by atoms with van der Waals surface area (Å²) in [6, 6.07) is 10.8. The third-order valence-electron chi connectivity index (χ3n) is 3.59. The standard InChI is InChI=1S/C17H19N3/c1-12-6-4-8-14(18-12)16-10-11-17(20(16)3)15-9-5-7-13(2)19-15/h4-12,18H,1-3H3. The van der Waals surface area contributed by atoms with Crippen molar-refractivity contribution in [3.05, 3.63) is 59.9 Å². The van der Waals surface area contributed by atoms with Crippen molar-refractivity contribution in [3.63, 3.8) is 0 Å². The van der Waals surface area contributed by atoms with Crippen LogP contribution in [-0.2, 0) is 7.05 Å². The van der Waals surface area contributed by atoms with Crippen molar-refractivity contribution in [2.45, 2.75) is 19.9 Å². The minimum atomic E-state index is 0.366. The molecular formula is C17H19N3. The number of hydrogen-bond acceptors (Lipinski definition) is 2. The van der Waals surface area contributed by atoms with Gasteiger partial charge in [0, 0.05) is 18.8 Å². The van der Waals surface area contributed by atoms with E-state index in [1.165, 1.54) is 5.69 Å². The van der Waals surface area contributed by atoms with Crippen molar-refractivity contribution in [1.29, 1.82) is 0 Å². The smallest absolute Gasteiger partial charge is 0.0869 e. The maximum atomic E-state index is 4.60. The molecule has 3 nitrogen and oxygen atoms in total. The fourth-order valence-corrected chi connectivity index (χ4v) is 2.54.